The summed E-state index contributed by atoms with van der Waals surface area (Å²) >= 11 is 0.977. The molecule has 30 heavy (non-hydrogen) atoms. The standard InChI is InChI=1S/C16H21N9O4S/c1-8-6-9(2)25(22-8)14-20-21-16(24(14)18)30-7-10(26)11-12(17)23(4-5-29-3)15(28)19-13(11)27/h6H,4-5,7,17-18H2,1-3H3,(H,19,27,28). The quantitative estimate of drug-likeness (QED) is 0.222. The van der Waals surface area contributed by atoms with Crippen LogP contribution in [0.3, 0.4) is 0 Å². The molecule has 0 aliphatic carbocycles. The number of ketones is 1. The zero-order valence-electron chi connectivity index (χ0n) is 16.6. The van der Waals surface area contributed by atoms with Crippen LogP contribution in [0.5, 0.6) is 0 Å². The molecule has 0 fully saturated rings. The number of carbonyl (C=O) groups excluding carboxylic acids is 1. The third-order valence-corrected chi connectivity index (χ3v) is 5.16. The molecular formula is C16H21N9O4S. The second-order valence-corrected chi connectivity index (χ2v) is 7.31. The number of carbonyl (C=O) groups is 1. The Morgan fingerprint density at radius 1 is 1.30 bits per heavy atom. The summed E-state index contributed by atoms with van der Waals surface area (Å²) < 4.78 is 8.73. The van der Waals surface area contributed by atoms with Gasteiger partial charge in [0.1, 0.15) is 11.4 Å². The normalized spacial score (nSPS) is 11.2. The van der Waals surface area contributed by atoms with Crippen LogP contribution in [0, 0.1) is 13.8 Å². The highest BCUT2D eigenvalue weighted by Gasteiger charge is 2.21. The van der Waals surface area contributed by atoms with Crippen LogP contribution in [0.15, 0.2) is 20.8 Å². The number of Topliss-reactive ketones (excluding diaryl/α,β-unsaturated/α-hetero) is 1. The van der Waals surface area contributed by atoms with Crippen molar-refractivity contribution in [3.63, 3.8) is 0 Å². The monoisotopic (exact) mass is 435 g/mol. The van der Waals surface area contributed by atoms with E-state index in [2.05, 4.69) is 20.3 Å². The predicted molar refractivity (Wildman–Crippen MR) is 109 cm³/mol. The van der Waals surface area contributed by atoms with Crippen LogP contribution in [0.1, 0.15) is 21.7 Å². The number of hydrogen-bond acceptors (Lipinski definition) is 10. The number of nitrogens with zero attached hydrogens (tertiary/aromatic N) is 6. The van der Waals surface area contributed by atoms with Gasteiger partial charge in [-0.15, -0.1) is 10.2 Å². The van der Waals surface area contributed by atoms with Crippen molar-refractivity contribution < 1.29 is 9.53 Å². The van der Waals surface area contributed by atoms with Crippen LogP contribution in [0.4, 0.5) is 5.82 Å². The molecule has 160 valence electrons. The Kier molecular flexibility index (Phi) is 6.07. The van der Waals surface area contributed by atoms with Crippen LogP contribution in [0.25, 0.3) is 5.95 Å². The lowest BCUT2D eigenvalue weighted by Crippen LogP contribution is -2.37. The minimum Gasteiger partial charge on any atom is -0.384 e. The number of thioether (sulfide) groups is 1. The van der Waals surface area contributed by atoms with Gasteiger partial charge in [-0.3, -0.25) is 19.1 Å². The maximum atomic E-state index is 12.7. The summed E-state index contributed by atoms with van der Waals surface area (Å²) in [6, 6.07) is 1.86. The van der Waals surface area contributed by atoms with Gasteiger partial charge < -0.3 is 16.3 Å². The fraction of sp³-hybridized carbons (Fsp3) is 0.375. The molecule has 0 saturated heterocycles. The number of anilines is 1. The largest absolute Gasteiger partial charge is 0.384 e. The van der Waals surface area contributed by atoms with E-state index in [4.69, 9.17) is 16.3 Å². The molecule has 0 atom stereocenters. The molecule has 0 spiro atoms. The Balaban J connectivity index is 1.82. The van der Waals surface area contributed by atoms with E-state index in [1.165, 1.54) is 16.5 Å². The van der Waals surface area contributed by atoms with Gasteiger partial charge in [-0.25, -0.2) is 14.2 Å². The van der Waals surface area contributed by atoms with E-state index in [1.54, 1.807) is 0 Å². The Bertz CT molecular complexity index is 1210. The van der Waals surface area contributed by atoms with Crippen molar-refractivity contribution in [2.24, 2.45) is 0 Å². The number of nitrogen functional groups attached to an aromatic ring is 2. The van der Waals surface area contributed by atoms with E-state index in [9.17, 15) is 14.4 Å². The van der Waals surface area contributed by atoms with E-state index in [0.717, 1.165) is 27.7 Å². The topological polar surface area (TPSA) is 182 Å². The van der Waals surface area contributed by atoms with Gasteiger partial charge in [0.2, 0.25) is 5.16 Å². The number of methoxy groups -OCH3 is 1. The fourth-order valence-electron chi connectivity index (χ4n) is 2.81. The molecule has 14 heteroatoms. The van der Waals surface area contributed by atoms with Crippen molar-refractivity contribution in [3.8, 4) is 5.95 Å². The summed E-state index contributed by atoms with van der Waals surface area (Å²) in [5.74, 6) is 5.33. The molecular weight excluding hydrogens is 414 g/mol. The Morgan fingerprint density at radius 3 is 2.67 bits per heavy atom. The highest BCUT2D eigenvalue weighted by molar-refractivity contribution is 7.99. The molecule has 3 aromatic heterocycles. The predicted octanol–water partition coefficient (Wildman–Crippen LogP) is -1.15. The lowest BCUT2D eigenvalue weighted by Gasteiger charge is -2.11. The van der Waals surface area contributed by atoms with Gasteiger partial charge in [0.15, 0.2) is 5.78 Å². The Labute approximate surface area is 174 Å². The van der Waals surface area contributed by atoms with Gasteiger partial charge in [-0.1, -0.05) is 11.8 Å². The van der Waals surface area contributed by atoms with Gasteiger partial charge >= 0.3 is 5.69 Å². The van der Waals surface area contributed by atoms with Gasteiger partial charge in [0, 0.05) is 12.8 Å². The van der Waals surface area contributed by atoms with Gasteiger partial charge in [0.05, 0.1) is 24.6 Å². The molecule has 0 aromatic carbocycles. The minimum absolute atomic E-state index is 0.0918. The Hall–Kier alpha value is -3.39. The molecule has 0 radical (unpaired) electrons. The number of hydrogen-bond donors (Lipinski definition) is 3. The molecule has 0 bridgehead atoms. The van der Waals surface area contributed by atoms with E-state index in [0.29, 0.717) is 0 Å². The molecule has 3 aromatic rings. The first kappa shape index (κ1) is 21.3. The van der Waals surface area contributed by atoms with Crippen LogP contribution in [0.2, 0.25) is 0 Å². The smallest absolute Gasteiger partial charge is 0.330 e. The highest BCUT2D eigenvalue weighted by atomic mass is 32.2. The lowest BCUT2D eigenvalue weighted by atomic mass is 10.2. The molecule has 5 N–H and O–H groups in total. The van der Waals surface area contributed by atoms with Crippen molar-refractivity contribution in [2.75, 3.05) is 31.0 Å². The SMILES string of the molecule is COCCn1c(N)c(C(=O)CSc2nnc(-n3nc(C)cc3C)n2N)c(=O)[nH]c1=O. The minimum atomic E-state index is -0.852. The average Bonchev–Trinajstić information content (AvgIpc) is 3.20. The number of nitrogens with two attached hydrogens (primary N) is 2. The maximum Gasteiger partial charge on any atom is 0.330 e. The first-order chi connectivity index (χ1) is 14.2. The number of H-pyrrole nitrogens is 1. The number of aromatic nitrogens is 7. The summed E-state index contributed by atoms with van der Waals surface area (Å²) in [7, 11) is 1.46. The summed E-state index contributed by atoms with van der Waals surface area (Å²) in [6.07, 6.45) is 0. The summed E-state index contributed by atoms with van der Waals surface area (Å²) in [5, 5.41) is 12.5. The van der Waals surface area contributed by atoms with Crippen molar-refractivity contribution >= 4 is 23.4 Å². The van der Waals surface area contributed by atoms with Crippen LogP contribution in [-0.4, -0.2) is 59.5 Å². The third-order valence-electron chi connectivity index (χ3n) is 4.22. The zero-order valence-corrected chi connectivity index (χ0v) is 17.4. The van der Waals surface area contributed by atoms with Gasteiger partial charge in [0.25, 0.3) is 11.5 Å². The van der Waals surface area contributed by atoms with Gasteiger partial charge in [-0.2, -0.15) is 5.10 Å². The summed E-state index contributed by atoms with van der Waals surface area (Å²) in [6.45, 7) is 3.96. The average molecular weight is 435 g/mol. The molecule has 0 unspecified atom stereocenters. The van der Waals surface area contributed by atoms with Crippen LogP contribution < -0.4 is 22.8 Å². The molecule has 0 aliphatic heterocycles. The molecule has 0 amide bonds. The number of nitrogens with one attached hydrogen (secondary N) is 1. The van der Waals surface area contributed by atoms with Crippen molar-refractivity contribution in [1.82, 2.24) is 34.2 Å². The second kappa shape index (κ2) is 8.54. The maximum absolute atomic E-state index is 12.7. The molecule has 3 heterocycles. The van der Waals surface area contributed by atoms with E-state index in [-0.39, 0.29) is 41.4 Å². The van der Waals surface area contributed by atoms with Crippen LogP contribution in [-0.2, 0) is 11.3 Å². The second-order valence-electron chi connectivity index (χ2n) is 6.37. The van der Waals surface area contributed by atoms with Crippen molar-refractivity contribution in [2.45, 2.75) is 25.5 Å². The van der Waals surface area contributed by atoms with Crippen LogP contribution >= 0.6 is 11.8 Å². The molecule has 0 saturated carbocycles. The summed E-state index contributed by atoms with van der Waals surface area (Å²) in [5.41, 5.74) is 5.65. The Morgan fingerprint density at radius 2 is 2.03 bits per heavy atom. The highest BCUT2D eigenvalue weighted by Crippen LogP contribution is 2.19. The summed E-state index contributed by atoms with van der Waals surface area (Å²) in [4.78, 5) is 38.9. The first-order valence-electron chi connectivity index (χ1n) is 8.76. The fourth-order valence-corrected chi connectivity index (χ4v) is 3.53. The molecule has 3 rings (SSSR count). The first-order valence-corrected chi connectivity index (χ1v) is 9.74. The molecule has 0 aliphatic rings. The number of aryl methyl sites for hydroxylation is 2. The van der Waals surface area contributed by atoms with E-state index >= 15 is 0 Å². The van der Waals surface area contributed by atoms with Gasteiger partial charge in [-0.05, 0) is 19.9 Å². The van der Waals surface area contributed by atoms with E-state index < -0.39 is 17.0 Å². The number of aromatic amines is 1. The van der Waals surface area contributed by atoms with E-state index in [1.807, 2.05) is 19.9 Å². The lowest BCUT2D eigenvalue weighted by molar-refractivity contribution is 0.102. The number of ether oxygens (including phenoxy) is 1. The molecule has 13 nitrogen and oxygen atoms in total. The third kappa shape index (κ3) is 3.99. The zero-order chi connectivity index (χ0) is 22.0. The number of rotatable bonds is 8. The van der Waals surface area contributed by atoms with Crippen molar-refractivity contribution in [1.29, 1.82) is 0 Å². The van der Waals surface area contributed by atoms with Crippen molar-refractivity contribution in [3.05, 3.63) is 43.9 Å².